The van der Waals surface area contributed by atoms with E-state index >= 15 is 0 Å². The molecule has 100 valence electrons. The number of hydrogen-bond donors (Lipinski definition) is 1. The zero-order valence-electron chi connectivity index (χ0n) is 9.45. The van der Waals surface area contributed by atoms with Gasteiger partial charge in [0.2, 0.25) is 0 Å². The first kappa shape index (κ1) is 12.1. The Labute approximate surface area is 110 Å². The highest BCUT2D eigenvalue weighted by molar-refractivity contribution is 7.10. The van der Waals surface area contributed by atoms with E-state index in [1.165, 1.54) is 6.07 Å². The highest BCUT2D eigenvalue weighted by atomic mass is 32.1. The first-order valence-electron chi connectivity index (χ1n) is 5.37. The molecule has 2 aliphatic rings. The van der Waals surface area contributed by atoms with Crippen LogP contribution in [0.25, 0.3) is 0 Å². The van der Waals surface area contributed by atoms with Crippen molar-refractivity contribution in [2.24, 2.45) is 0 Å². The van der Waals surface area contributed by atoms with Crippen molar-refractivity contribution in [1.82, 2.24) is 0 Å². The number of fused-ring (bicyclic) bond motifs is 3. The number of thiophene rings is 1. The Bertz CT molecular complexity index is 542. The fraction of sp³-hybridized carbons (Fsp3) is 0.364. The van der Waals surface area contributed by atoms with Gasteiger partial charge in [-0.2, -0.15) is 0 Å². The molecule has 3 rings (SSSR count). The predicted molar refractivity (Wildman–Crippen MR) is 58.5 cm³/mol. The summed E-state index contributed by atoms with van der Waals surface area (Å²) in [5.41, 5.74) is -2.23. The van der Waals surface area contributed by atoms with Crippen LogP contribution in [-0.4, -0.2) is 28.6 Å². The molecular formula is C11H8O7S. The highest BCUT2D eigenvalue weighted by Crippen LogP contribution is 2.41. The summed E-state index contributed by atoms with van der Waals surface area (Å²) in [7, 11) is 0. The summed E-state index contributed by atoms with van der Waals surface area (Å²) in [6.07, 6.45) is -1.29. The van der Waals surface area contributed by atoms with E-state index in [9.17, 15) is 19.5 Å². The number of aliphatic hydroxyl groups is 1. The van der Waals surface area contributed by atoms with Gasteiger partial charge in [0.15, 0.2) is 5.60 Å². The fourth-order valence-corrected chi connectivity index (χ4v) is 2.67. The summed E-state index contributed by atoms with van der Waals surface area (Å²) in [5, 5.41) is 11.7. The van der Waals surface area contributed by atoms with Crippen molar-refractivity contribution in [3.8, 4) is 0 Å². The van der Waals surface area contributed by atoms with Crippen LogP contribution in [-0.2, 0) is 34.6 Å². The molecule has 0 unspecified atom stereocenters. The molecule has 8 heteroatoms. The quantitative estimate of drug-likeness (QED) is 0.726. The van der Waals surface area contributed by atoms with Crippen LogP contribution in [0.3, 0.4) is 0 Å². The molecule has 1 aromatic rings. The summed E-state index contributed by atoms with van der Waals surface area (Å²) in [6, 6.07) is 3.11. The number of hydrogen-bond acceptors (Lipinski definition) is 8. The van der Waals surface area contributed by atoms with Gasteiger partial charge in [0, 0.05) is 0 Å². The molecule has 0 saturated carbocycles. The smallest absolute Gasteiger partial charge is 0.383 e. The average Bonchev–Trinajstić information content (AvgIpc) is 2.74. The third-order valence-corrected chi connectivity index (χ3v) is 3.73. The molecule has 0 radical (unpaired) electrons. The van der Waals surface area contributed by atoms with Gasteiger partial charge >= 0.3 is 23.9 Å². The topological polar surface area (TPSA) is 99.1 Å². The van der Waals surface area contributed by atoms with Crippen LogP contribution in [0.2, 0.25) is 0 Å². The van der Waals surface area contributed by atoms with Gasteiger partial charge in [-0.05, 0) is 11.4 Å². The minimum atomic E-state index is -2.23. The molecule has 2 saturated heterocycles. The van der Waals surface area contributed by atoms with Crippen LogP contribution in [0.4, 0.5) is 0 Å². The summed E-state index contributed by atoms with van der Waals surface area (Å²) >= 11 is 1.09. The molecule has 7 nitrogen and oxygen atoms in total. The number of ether oxygens (including phenoxy) is 3. The van der Waals surface area contributed by atoms with Gasteiger partial charge in [0.1, 0.15) is 4.88 Å². The van der Waals surface area contributed by atoms with Crippen molar-refractivity contribution in [3.05, 3.63) is 22.4 Å². The normalized spacial score (nSPS) is 34.1. The maximum Gasteiger partial charge on any atom is 0.463 e. The van der Waals surface area contributed by atoms with E-state index in [1.807, 2.05) is 0 Å². The van der Waals surface area contributed by atoms with Crippen LogP contribution >= 0.6 is 11.3 Å². The maximum atomic E-state index is 11.9. The molecule has 2 fully saturated rings. The minimum absolute atomic E-state index is 0.230. The third kappa shape index (κ3) is 1.80. The Morgan fingerprint density at radius 2 is 1.74 bits per heavy atom. The average molecular weight is 284 g/mol. The van der Waals surface area contributed by atoms with Crippen molar-refractivity contribution in [1.29, 1.82) is 0 Å². The van der Waals surface area contributed by atoms with E-state index < -0.39 is 42.3 Å². The number of carbonyl (C=O) groups excluding carboxylic acids is 3. The number of rotatable bonds is 1. The molecule has 2 aliphatic heterocycles. The lowest BCUT2D eigenvalue weighted by molar-refractivity contribution is -0.332. The molecule has 0 amide bonds. The standard InChI is InChI=1S/C11H8O7S/c12-7-4-10(15)5-8(13)17-11(16-7,18-9(10)14)6-2-1-3-19-6/h1-3,15H,4-5H2. The fourth-order valence-electron chi connectivity index (χ4n) is 1.94. The van der Waals surface area contributed by atoms with Crippen molar-refractivity contribution >= 4 is 29.2 Å². The lowest BCUT2D eigenvalue weighted by atomic mass is 9.96. The van der Waals surface area contributed by atoms with Crippen molar-refractivity contribution in [2.75, 3.05) is 0 Å². The Morgan fingerprint density at radius 3 is 2.26 bits per heavy atom. The molecule has 2 bridgehead atoms. The largest absolute Gasteiger partial charge is 0.463 e. The highest BCUT2D eigenvalue weighted by Gasteiger charge is 2.60. The van der Waals surface area contributed by atoms with E-state index in [2.05, 4.69) is 0 Å². The van der Waals surface area contributed by atoms with Gasteiger partial charge in [0.25, 0.3) is 0 Å². The maximum absolute atomic E-state index is 11.9. The first-order valence-corrected chi connectivity index (χ1v) is 6.25. The summed E-state index contributed by atoms with van der Waals surface area (Å²) in [4.78, 5) is 35.4. The van der Waals surface area contributed by atoms with E-state index in [0.29, 0.717) is 0 Å². The van der Waals surface area contributed by atoms with Crippen LogP contribution < -0.4 is 0 Å². The molecule has 0 atom stereocenters. The minimum Gasteiger partial charge on any atom is -0.383 e. The van der Waals surface area contributed by atoms with Crippen molar-refractivity contribution in [2.45, 2.75) is 24.4 Å². The summed E-state index contributed by atoms with van der Waals surface area (Å²) < 4.78 is 14.8. The Kier molecular flexibility index (Phi) is 2.41. The SMILES string of the molecule is O=C1CC2(O)CC(=O)OC(c3cccs3)(O1)OC2=O. The molecule has 3 heterocycles. The first-order chi connectivity index (χ1) is 8.93. The summed E-state index contributed by atoms with van der Waals surface area (Å²) in [5.74, 6) is -5.10. The van der Waals surface area contributed by atoms with E-state index in [0.717, 1.165) is 11.3 Å². The van der Waals surface area contributed by atoms with Crippen LogP contribution in [0, 0.1) is 0 Å². The van der Waals surface area contributed by atoms with E-state index in [4.69, 9.17) is 14.2 Å². The molecular weight excluding hydrogens is 276 g/mol. The summed E-state index contributed by atoms with van der Waals surface area (Å²) in [6.45, 7) is 0. The molecule has 0 aromatic carbocycles. The second kappa shape index (κ2) is 3.78. The van der Waals surface area contributed by atoms with Crippen LogP contribution in [0.1, 0.15) is 17.7 Å². The van der Waals surface area contributed by atoms with E-state index in [-0.39, 0.29) is 4.88 Å². The number of esters is 3. The molecule has 0 aliphatic carbocycles. The second-order valence-electron chi connectivity index (χ2n) is 4.26. The third-order valence-electron chi connectivity index (χ3n) is 2.80. The zero-order valence-corrected chi connectivity index (χ0v) is 10.3. The van der Waals surface area contributed by atoms with Crippen molar-refractivity contribution < 1.29 is 33.7 Å². The molecule has 1 N–H and O–H groups in total. The lowest BCUT2D eigenvalue weighted by Gasteiger charge is -2.27. The molecule has 0 spiro atoms. The monoisotopic (exact) mass is 284 g/mol. The van der Waals surface area contributed by atoms with Crippen LogP contribution in [0.5, 0.6) is 0 Å². The van der Waals surface area contributed by atoms with Gasteiger partial charge in [-0.25, -0.2) is 4.79 Å². The van der Waals surface area contributed by atoms with Crippen molar-refractivity contribution in [3.63, 3.8) is 0 Å². The van der Waals surface area contributed by atoms with Gasteiger partial charge in [-0.15, -0.1) is 11.3 Å². The lowest BCUT2D eigenvalue weighted by Crippen LogP contribution is -2.41. The van der Waals surface area contributed by atoms with Gasteiger partial charge in [0.05, 0.1) is 12.8 Å². The van der Waals surface area contributed by atoms with Gasteiger partial charge < -0.3 is 19.3 Å². The van der Waals surface area contributed by atoms with Gasteiger partial charge in [-0.3, -0.25) is 9.59 Å². The zero-order chi connectivity index (χ0) is 13.7. The molecule has 19 heavy (non-hydrogen) atoms. The Hall–Kier alpha value is -1.93. The van der Waals surface area contributed by atoms with E-state index in [1.54, 1.807) is 11.4 Å². The Morgan fingerprint density at radius 1 is 1.11 bits per heavy atom. The van der Waals surface area contributed by atoms with Crippen LogP contribution in [0.15, 0.2) is 17.5 Å². The van der Waals surface area contributed by atoms with Gasteiger partial charge in [-0.1, -0.05) is 6.07 Å². The second-order valence-corrected chi connectivity index (χ2v) is 5.20. The predicted octanol–water partition coefficient (Wildman–Crippen LogP) is 0.0265. The Balaban J connectivity index is 2.15. The molecule has 1 aromatic heterocycles. The number of carbonyl (C=O) groups is 3.